The van der Waals surface area contributed by atoms with Crippen molar-refractivity contribution in [1.29, 1.82) is 0 Å². The second-order valence-corrected chi connectivity index (χ2v) is 6.97. The highest BCUT2D eigenvalue weighted by atomic mass is 32.1. The van der Waals surface area contributed by atoms with E-state index in [0.717, 1.165) is 24.6 Å². The first-order valence-electron chi connectivity index (χ1n) is 7.45. The highest BCUT2D eigenvalue weighted by molar-refractivity contribution is 7.09. The van der Waals surface area contributed by atoms with Gasteiger partial charge in [-0.3, -0.25) is 0 Å². The molecule has 0 aromatic carbocycles. The number of nitrogens with zero attached hydrogens (tertiary/aromatic N) is 2. The zero-order chi connectivity index (χ0) is 15.5. The highest BCUT2D eigenvalue weighted by Gasteiger charge is 2.48. The summed E-state index contributed by atoms with van der Waals surface area (Å²) in [7, 11) is 1.79. The molecule has 2 unspecified atom stereocenters. The fourth-order valence-electron chi connectivity index (χ4n) is 2.64. The molecule has 118 valence electrons. The van der Waals surface area contributed by atoms with Crippen LogP contribution >= 0.6 is 11.3 Å². The number of methoxy groups -OCH3 is 1. The van der Waals surface area contributed by atoms with Gasteiger partial charge in [0.2, 0.25) is 0 Å². The summed E-state index contributed by atoms with van der Waals surface area (Å²) >= 11 is 1.66. The minimum Gasteiger partial charge on any atom is -0.381 e. The van der Waals surface area contributed by atoms with Crippen LogP contribution in [0.25, 0.3) is 0 Å². The highest BCUT2D eigenvalue weighted by Crippen LogP contribution is 2.42. The van der Waals surface area contributed by atoms with E-state index in [-0.39, 0.29) is 5.41 Å². The van der Waals surface area contributed by atoms with Crippen LogP contribution in [0.1, 0.15) is 37.8 Å². The number of aromatic nitrogens is 1. The maximum atomic E-state index is 5.50. The zero-order valence-electron chi connectivity index (χ0n) is 13.6. The average molecular weight is 310 g/mol. The smallest absolute Gasteiger partial charge is 0.191 e. The van der Waals surface area contributed by atoms with E-state index in [9.17, 15) is 0 Å². The van der Waals surface area contributed by atoms with Gasteiger partial charge in [0.05, 0.1) is 23.9 Å². The molecule has 1 aromatic heterocycles. The number of hydrogen-bond acceptors (Lipinski definition) is 4. The Morgan fingerprint density at radius 3 is 2.86 bits per heavy atom. The molecule has 21 heavy (non-hydrogen) atoms. The summed E-state index contributed by atoms with van der Waals surface area (Å²) in [6.45, 7) is 10.1. The first-order valence-corrected chi connectivity index (χ1v) is 8.33. The number of hydrogen-bond donors (Lipinski definition) is 2. The molecule has 5 nitrogen and oxygen atoms in total. The number of thiazole rings is 1. The Hall–Kier alpha value is -1.14. The van der Waals surface area contributed by atoms with E-state index in [1.54, 1.807) is 18.4 Å². The molecule has 1 aliphatic rings. The molecule has 1 heterocycles. The topological polar surface area (TPSA) is 58.5 Å². The molecule has 0 spiro atoms. The number of aliphatic imine (C=N–C) groups is 1. The minimum atomic E-state index is 0.130. The number of aryl methyl sites for hydroxylation is 1. The Morgan fingerprint density at radius 1 is 1.57 bits per heavy atom. The Morgan fingerprint density at radius 2 is 2.33 bits per heavy atom. The maximum Gasteiger partial charge on any atom is 0.191 e. The molecule has 0 saturated heterocycles. The van der Waals surface area contributed by atoms with E-state index < -0.39 is 0 Å². The number of ether oxygens (including phenoxy) is 1. The van der Waals surface area contributed by atoms with Crippen molar-refractivity contribution in [3.8, 4) is 0 Å². The van der Waals surface area contributed by atoms with Crippen molar-refractivity contribution < 1.29 is 4.74 Å². The van der Waals surface area contributed by atoms with Crippen LogP contribution in [0.3, 0.4) is 0 Å². The lowest BCUT2D eigenvalue weighted by Crippen LogP contribution is -2.63. The van der Waals surface area contributed by atoms with Crippen LogP contribution in [0.5, 0.6) is 0 Å². The molecular weight excluding hydrogens is 284 g/mol. The van der Waals surface area contributed by atoms with Crippen LogP contribution in [0, 0.1) is 12.3 Å². The molecular formula is C15H26N4OS. The van der Waals surface area contributed by atoms with Crippen LogP contribution in [0.2, 0.25) is 0 Å². The molecule has 2 atom stereocenters. The molecule has 0 radical (unpaired) electrons. The lowest BCUT2D eigenvalue weighted by molar-refractivity contribution is -0.0922. The molecule has 0 amide bonds. The van der Waals surface area contributed by atoms with Crippen molar-refractivity contribution in [3.05, 3.63) is 16.1 Å². The van der Waals surface area contributed by atoms with Crippen molar-refractivity contribution in [1.82, 2.24) is 15.6 Å². The van der Waals surface area contributed by atoms with Crippen molar-refractivity contribution in [2.24, 2.45) is 10.4 Å². The molecule has 0 aliphatic heterocycles. The van der Waals surface area contributed by atoms with E-state index in [2.05, 4.69) is 41.4 Å². The summed E-state index contributed by atoms with van der Waals surface area (Å²) in [5, 5.41) is 6.85. The second kappa shape index (κ2) is 6.75. The normalized spacial score (nSPS) is 24.5. The first-order chi connectivity index (χ1) is 9.98. The van der Waals surface area contributed by atoms with Gasteiger partial charge in [-0.15, -0.1) is 11.3 Å². The fraction of sp³-hybridized carbons (Fsp3) is 0.733. The summed E-state index contributed by atoms with van der Waals surface area (Å²) in [5.41, 5.74) is 3.08. The number of rotatable bonds is 5. The summed E-state index contributed by atoms with van der Waals surface area (Å²) in [6, 6.07) is 0.391. The van der Waals surface area contributed by atoms with E-state index in [0.29, 0.717) is 18.7 Å². The standard InChI is InChI=1S/C15H26N4OS/c1-6-16-14(17-8-11-10(2)18-9-21-11)19-12-7-13(20-5)15(12,3)4/h9,12-13H,6-8H2,1-5H3,(H2,16,17,19). The van der Waals surface area contributed by atoms with Gasteiger partial charge in [0, 0.05) is 30.0 Å². The van der Waals surface area contributed by atoms with Crippen LogP contribution in [-0.4, -0.2) is 36.7 Å². The van der Waals surface area contributed by atoms with Crippen LogP contribution in [0.4, 0.5) is 0 Å². The van der Waals surface area contributed by atoms with Gasteiger partial charge < -0.3 is 15.4 Å². The van der Waals surface area contributed by atoms with Gasteiger partial charge in [0.25, 0.3) is 0 Å². The molecule has 0 bridgehead atoms. The van der Waals surface area contributed by atoms with Crippen LogP contribution in [0.15, 0.2) is 10.5 Å². The number of guanidine groups is 1. The molecule has 1 aliphatic carbocycles. The van der Waals surface area contributed by atoms with Gasteiger partial charge in [-0.2, -0.15) is 0 Å². The quantitative estimate of drug-likeness (QED) is 0.647. The summed E-state index contributed by atoms with van der Waals surface area (Å²) in [6.07, 6.45) is 1.34. The monoisotopic (exact) mass is 310 g/mol. The van der Waals surface area contributed by atoms with E-state index in [1.165, 1.54) is 4.88 Å². The largest absolute Gasteiger partial charge is 0.381 e. The third-order valence-corrected chi connectivity index (χ3v) is 5.26. The Balaban J connectivity index is 1.98. The summed E-state index contributed by atoms with van der Waals surface area (Å²) in [5.74, 6) is 0.873. The van der Waals surface area contributed by atoms with Gasteiger partial charge >= 0.3 is 0 Å². The van der Waals surface area contributed by atoms with Crippen molar-refractivity contribution >= 4 is 17.3 Å². The molecule has 2 N–H and O–H groups in total. The third-order valence-electron chi connectivity index (χ3n) is 4.34. The Bertz CT molecular complexity index is 498. The van der Waals surface area contributed by atoms with Gasteiger partial charge in [-0.25, -0.2) is 9.98 Å². The van der Waals surface area contributed by atoms with Gasteiger partial charge in [0.1, 0.15) is 0 Å². The summed E-state index contributed by atoms with van der Waals surface area (Å²) < 4.78 is 5.50. The van der Waals surface area contributed by atoms with Crippen LogP contribution < -0.4 is 10.6 Å². The molecule has 1 aromatic rings. The third kappa shape index (κ3) is 3.55. The zero-order valence-corrected chi connectivity index (χ0v) is 14.4. The Kier molecular flexibility index (Phi) is 5.22. The van der Waals surface area contributed by atoms with Gasteiger partial charge in [-0.05, 0) is 20.3 Å². The molecule has 1 fully saturated rings. The predicted molar refractivity (Wildman–Crippen MR) is 87.8 cm³/mol. The molecule has 2 rings (SSSR count). The lowest BCUT2D eigenvalue weighted by Gasteiger charge is -2.51. The lowest BCUT2D eigenvalue weighted by atomic mass is 9.64. The average Bonchev–Trinajstić information content (AvgIpc) is 2.85. The van der Waals surface area contributed by atoms with Gasteiger partial charge in [0.15, 0.2) is 5.96 Å². The SMILES string of the molecule is CCNC(=NCc1scnc1C)NC1CC(OC)C1(C)C. The fourth-order valence-corrected chi connectivity index (χ4v) is 3.34. The first kappa shape index (κ1) is 16.2. The molecule has 1 saturated carbocycles. The predicted octanol–water partition coefficient (Wildman–Crippen LogP) is 2.32. The minimum absolute atomic E-state index is 0.130. The van der Waals surface area contributed by atoms with E-state index in [4.69, 9.17) is 4.74 Å². The van der Waals surface area contributed by atoms with Crippen LogP contribution in [-0.2, 0) is 11.3 Å². The van der Waals surface area contributed by atoms with E-state index in [1.807, 2.05) is 12.4 Å². The second-order valence-electron chi connectivity index (χ2n) is 6.03. The van der Waals surface area contributed by atoms with Gasteiger partial charge in [-0.1, -0.05) is 13.8 Å². The summed E-state index contributed by atoms with van der Waals surface area (Å²) in [4.78, 5) is 10.2. The maximum absolute atomic E-state index is 5.50. The van der Waals surface area contributed by atoms with Crippen molar-refractivity contribution in [2.75, 3.05) is 13.7 Å². The number of nitrogens with one attached hydrogen (secondary N) is 2. The van der Waals surface area contributed by atoms with Crippen molar-refractivity contribution in [2.45, 2.75) is 52.8 Å². The Labute approximate surface area is 131 Å². The van der Waals surface area contributed by atoms with E-state index >= 15 is 0 Å². The van der Waals surface area contributed by atoms with Crippen molar-refractivity contribution in [3.63, 3.8) is 0 Å². The molecule has 6 heteroatoms.